The molecule has 11 nitrogen and oxygen atoms in total. The summed E-state index contributed by atoms with van der Waals surface area (Å²) in [6.07, 6.45) is 4.37. The Balaban J connectivity index is 1.24. The fourth-order valence-corrected chi connectivity index (χ4v) is 5.80. The molecule has 2 aromatic heterocycles. The number of halogens is 1. The first-order chi connectivity index (χ1) is 19.8. The molecule has 226 valence electrons. The summed E-state index contributed by atoms with van der Waals surface area (Å²) in [7, 11) is 0. The van der Waals surface area contributed by atoms with Gasteiger partial charge in [0.1, 0.15) is 11.6 Å². The highest BCUT2D eigenvalue weighted by atomic mass is 35.5. The highest BCUT2D eigenvalue weighted by Crippen LogP contribution is 2.33. The van der Waals surface area contributed by atoms with Crippen LogP contribution in [-0.4, -0.2) is 93.7 Å². The zero-order valence-corrected chi connectivity index (χ0v) is 25.5. The van der Waals surface area contributed by atoms with E-state index in [2.05, 4.69) is 20.6 Å². The molecule has 0 bridgehead atoms. The van der Waals surface area contributed by atoms with Crippen molar-refractivity contribution in [2.24, 2.45) is 0 Å². The number of hydrogen-bond acceptors (Lipinski definition) is 7. The molecule has 1 atom stereocenters. The Morgan fingerprint density at radius 3 is 2.64 bits per heavy atom. The van der Waals surface area contributed by atoms with E-state index >= 15 is 0 Å². The maximum Gasteiger partial charge on any atom is 0.410 e. The molecule has 3 amide bonds. The number of aromatic amines is 1. The highest BCUT2D eigenvalue weighted by Gasteiger charge is 2.39. The second-order valence-corrected chi connectivity index (χ2v) is 13.1. The van der Waals surface area contributed by atoms with Crippen molar-refractivity contribution in [3.63, 3.8) is 0 Å². The van der Waals surface area contributed by atoms with Gasteiger partial charge >= 0.3 is 6.09 Å². The standard InChI is InChI=1S/C30H39ClN6O5/c1-29(2,3)42-28(40)36-10-7-19(8-11-36)33-25(38)15-37-17-30(4,5)41-16-24(37)27(39)35-22-13-18(31)12-21-20-6-9-32-14-23(20)34-26(21)22/h6,9,12-14,19,24,34H,7-8,10-11,15-17H2,1-5H3,(H,33,38)(H,35,39)/t24-/m0/s1. The number of ether oxygens (including phenoxy) is 2. The lowest BCUT2D eigenvalue weighted by Gasteiger charge is -2.42. The van der Waals surface area contributed by atoms with Crippen LogP contribution in [0.5, 0.6) is 0 Å². The number of morpholine rings is 1. The summed E-state index contributed by atoms with van der Waals surface area (Å²) in [6.45, 7) is 11.0. The minimum atomic E-state index is -0.683. The van der Waals surface area contributed by atoms with E-state index < -0.39 is 17.2 Å². The lowest BCUT2D eigenvalue weighted by Crippen LogP contribution is -2.60. The third-order valence-electron chi connectivity index (χ3n) is 7.55. The fraction of sp³-hybridized carbons (Fsp3) is 0.533. The van der Waals surface area contributed by atoms with Gasteiger partial charge in [-0.05, 0) is 65.7 Å². The molecule has 3 N–H and O–H groups in total. The van der Waals surface area contributed by atoms with Gasteiger partial charge < -0.3 is 30.0 Å². The Hall–Kier alpha value is -3.41. The number of nitrogens with one attached hydrogen (secondary N) is 3. The lowest BCUT2D eigenvalue weighted by molar-refractivity contribution is -0.147. The average Bonchev–Trinajstić information content (AvgIpc) is 3.26. The first-order valence-electron chi connectivity index (χ1n) is 14.3. The van der Waals surface area contributed by atoms with Crippen LogP contribution < -0.4 is 10.6 Å². The van der Waals surface area contributed by atoms with Crippen LogP contribution in [0.1, 0.15) is 47.5 Å². The van der Waals surface area contributed by atoms with Crippen molar-refractivity contribution >= 4 is 57.0 Å². The van der Waals surface area contributed by atoms with Crippen molar-refractivity contribution < 1.29 is 23.9 Å². The Kier molecular flexibility index (Phi) is 8.37. The topological polar surface area (TPSA) is 129 Å². The molecule has 5 rings (SSSR count). The molecule has 0 radical (unpaired) electrons. The van der Waals surface area contributed by atoms with Gasteiger partial charge in [-0.2, -0.15) is 0 Å². The molecule has 2 aliphatic rings. The number of H-pyrrole nitrogens is 1. The second kappa shape index (κ2) is 11.7. The Labute approximate surface area is 250 Å². The minimum Gasteiger partial charge on any atom is -0.444 e. The van der Waals surface area contributed by atoms with Crippen LogP contribution in [0.25, 0.3) is 21.8 Å². The summed E-state index contributed by atoms with van der Waals surface area (Å²) in [5, 5.41) is 8.44. The van der Waals surface area contributed by atoms with E-state index in [-0.39, 0.29) is 37.1 Å². The Bertz CT molecular complexity index is 1490. The summed E-state index contributed by atoms with van der Waals surface area (Å²) in [5.41, 5.74) is 1.05. The molecular weight excluding hydrogens is 560 g/mol. The molecule has 42 heavy (non-hydrogen) atoms. The highest BCUT2D eigenvalue weighted by molar-refractivity contribution is 6.33. The van der Waals surface area contributed by atoms with Crippen molar-refractivity contribution in [3.05, 3.63) is 35.6 Å². The van der Waals surface area contributed by atoms with E-state index in [1.807, 2.05) is 51.7 Å². The van der Waals surface area contributed by atoms with Crippen molar-refractivity contribution in [1.82, 2.24) is 25.1 Å². The summed E-state index contributed by atoms with van der Waals surface area (Å²) >= 11 is 6.43. The number of nitrogens with zero attached hydrogens (tertiary/aromatic N) is 3. The van der Waals surface area contributed by atoms with Gasteiger partial charge in [0, 0.05) is 47.7 Å². The van der Waals surface area contributed by atoms with Crippen molar-refractivity contribution in [2.75, 3.05) is 38.1 Å². The fourth-order valence-electron chi connectivity index (χ4n) is 5.59. The first-order valence-corrected chi connectivity index (χ1v) is 14.7. The van der Waals surface area contributed by atoms with Crippen LogP contribution in [0.2, 0.25) is 5.02 Å². The Morgan fingerprint density at radius 1 is 1.19 bits per heavy atom. The molecule has 2 saturated heterocycles. The van der Waals surface area contributed by atoms with Crippen LogP contribution in [0.4, 0.5) is 10.5 Å². The van der Waals surface area contributed by atoms with Crippen LogP contribution in [0.3, 0.4) is 0 Å². The number of carbonyl (C=O) groups is 3. The zero-order valence-electron chi connectivity index (χ0n) is 24.8. The van der Waals surface area contributed by atoms with Gasteiger partial charge in [-0.3, -0.25) is 19.5 Å². The molecule has 0 spiro atoms. The van der Waals surface area contributed by atoms with Gasteiger partial charge in [0.2, 0.25) is 11.8 Å². The summed E-state index contributed by atoms with van der Waals surface area (Å²) in [5.74, 6) is -0.459. The first kappa shape index (κ1) is 30.1. The molecule has 12 heteroatoms. The van der Waals surface area contributed by atoms with E-state index in [9.17, 15) is 14.4 Å². The maximum absolute atomic E-state index is 13.6. The molecule has 0 unspecified atom stereocenters. The minimum absolute atomic E-state index is 0.0418. The van der Waals surface area contributed by atoms with Crippen molar-refractivity contribution in [3.8, 4) is 0 Å². The molecule has 3 aromatic rings. The Morgan fingerprint density at radius 2 is 1.93 bits per heavy atom. The molecule has 1 aromatic carbocycles. The number of hydrogen-bond donors (Lipinski definition) is 3. The van der Waals surface area contributed by atoms with Gasteiger partial charge in [-0.1, -0.05) is 11.6 Å². The number of likely N-dealkylation sites (tertiary alicyclic amines) is 1. The largest absolute Gasteiger partial charge is 0.444 e. The van der Waals surface area contributed by atoms with E-state index in [0.717, 1.165) is 21.8 Å². The summed E-state index contributed by atoms with van der Waals surface area (Å²) in [6, 6.07) is 4.71. The van der Waals surface area contributed by atoms with Gasteiger partial charge in [0.05, 0.1) is 41.7 Å². The maximum atomic E-state index is 13.6. The number of piperidine rings is 1. The van der Waals surface area contributed by atoms with Gasteiger partial charge in [-0.25, -0.2) is 4.79 Å². The smallest absolute Gasteiger partial charge is 0.410 e. The van der Waals surface area contributed by atoms with Crippen LogP contribution in [0, 0.1) is 0 Å². The normalized spacial score (nSPS) is 20.0. The van der Waals surface area contributed by atoms with Crippen LogP contribution in [0.15, 0.2) is 30.6 Å². The molecule has 0 aliphatic carbocycles. The number of rotatable bonds is 5. The van der Waals surface area contributed by atoms with E-state index in [1.165, 1.54) is 0 Å². The predicted octanol–water partition coefficient (Wildman–Crippen LogP) is 4.30. The summed E-state index contributed by atoms with van der Waals surface area (Å²) < 4.78 is 11.5. The van der Waals surface area contributed by atoms with E-state index in [0.29, 0.717) is 43.2 Å². The number of anilines is 1. The average molecular weight is 599 g/mol. The lowest BCUT2D eigenvalue weighted by atomic mass is 10.0. The number of benzene rings is 1. The molecule has 4 heterocycles. The van der Waals surface area contributed by atoms with Crippen LogP contribution >= 0.6 is 11.6 Å². The van der Waals surface area contributed by atoms with E-state index in [1.54, 1.807) is 23.4 Å². The molecular formula is C30H39ClN6O5. The van der Waals surface area contributed by atoms with E-state index in [4.69, 9.17) is 21.1 Å². The number of aromatic nitrogens is 2. The van der Waals surface area contributed by atoms with Gasteiger partial charge in [-0.15, -0.1) is 0 Å². The number of amides is 3. The molecule has 2 fully saturated rings. The molecule has 0 saturated carbocycles. The van der Waals surface area contributed by atoms with Gasteiger partial charge in [0.25, 0.3) is 0 Å². The third kappa shape index (κ3) is 6.96. The van der Waals surface area contributed by atoms with Crippen molar-refractivity contribution in [2.45, 2.75) is 70.7 Å². The third-order valence-corrected chi connectivity index (χ3v) is 7.77. The quantitative estimate of drug-likeness (QED) is 0.399. The monoisotopic (exact) mass is 598 g/mol. The SMILES string of the molecule is CC(C)(C)OC(=O)N1CCC(NC(=O)CN2CC(C)(C)OC[C@H]2C(=O)Nc2cc(Cl)cc3c2[nH]c2cnccc23)CC1. The molecule has 2 aliphatic heterocycles. The predicted molar refractivity (Wildman–Crippen MR) is 162 cm³/mol. The van der Waals surface area contributed by atoms with Gasteiger partial charge in [0.15, 0.2) is 0 Å². The number of carbonyl (C=O) groups excluding carboxylic acids is 3. The van der Waals surface area contributed by atoms with Crippen molar-refractivity contribution in [1.29, 1.82) is 0 Å². The number of fused-ring (bicyclic) bond motifs is 3. The second-order valence-electron chi connectivity index (χ2n) is 12.7. The number of pyridine rings is 1. The summed E-state index contributed by atoms with van der Waals surface area (Å²) in [4.78, 5) is 50.2. The zero-order chi connectivity index (χ0) is 30.2. The van der Waals surface area contributed by atoms with Crippen LogP contribution in [-0.2, 0) is 19.1 Å².